The first-order valence-electron chi connectivity index (χ1n) is 12.8. The Morgan fingerprint density at radius 1 is 1.10 bits per heavy atom. The van der Waals surface area contributed by atoms with Crippen LogP contribution in [0.3, 0.4) is 0 Å². The number of hydroxylamine groups is 1. The van der Waals surface area contributed by atoms with E-state index in [1.54, 1.807) is 12.1 Å². The molecule has 1 aliphatic rings. The molecule has 4 rings (SSSR count). The largest absolute Gasteiger partial charge is 0.493 e. The van der Waals surface area contributed by atoms with Crippen LogP contribution in [0.5, 0.6) is 5.75 Å². The first-order chi connectivity index (χ1) is 19.8. The molecule has 1 unspecified atom stereocenters. The van der Waals surface area contributed by atoms with E-state index in [1.807, 2.05) is 37.3 Å². The van der Waals surface area contributed by atoms with Gasteiger partial charge >= 0.3 is 18.2 Å². The number of piperidine rings is 1. The number of halogens is 3. The predicted molar refractivity (Wildman–Crippen MR) is 141 cm³/mol. The fraction of sp³-hybridized carbons (Fsp3) is 0.321. The quantitative estimate of drug-likeness (QED) is 0.352. The zero-order valence-corrected chi connectivity index (χ0v) is 22.4. The number of nitrogens with zero attached hydrogens (tertiary/aromatic N) is 2. The molecule has 2 aromatic carbocycles. The summed E-state index contributed by atoms with van der Waals surface area (Å²) in [6, 6.07) is 15.7. The van der Waals surface area contributed by atoms with Crippen LogP contribution in [0, 0.1) is 6.92 Å². The van der Waals surface area contributed by atoms with Crippen LogP contribution in [0.15, 0.2) is 54.6 Å². The highest BCUT2D eigenvalue weighted by Crippen LogP contribution is 2.27. The van der Waals surface area contributed by atoms with Crippen molar-refractivity contribution in [2.24, 2.45) is 0 Å². The number of nitrogens with one attached hydrogen (secondary N) is 2. The highest BCUT2D eigenvalue weighted by atomic mass is 19.4. The third-order valence-corrected chi connectivity index (χ3v) is 6.65. The number of ether oxygens (including phenoxy) is 1. The summed E-state index contributed by atoms with van der Waals surface area (Å²) in [7, 11) is 0. The number of pyridine rings is 1. The molecule has 0 spiro atoms. The molecule has 0 bridgehead atoms. The maximum Gasteiger partial charge on any atom is 0.493 e. The third kappa shape index (κ3) is 7.44. The second kappa shape index (κ2) is 12.3. The normalized spacial score (nSPS) is 16.9. The number of alkyl halides is 3. The molecule has 3 aromatic rings. The Bertz CT molecular complexity index is 1500. The van der Waals surface area contributed by atoms with Crippen molar-refractivity contribution in [2.75, 3.05) is 13.1 Å². The van der Waals surface area contributed by atoms with E-state index in [9.17, 15) is 37.5 Å². The Kier molecular flexibility index (Phi) is 8.83. The second-order valence-corrected chi connectivity index (χ2v) is 9.88. The number of carbonyl (C=O) groups is 4. The molecule has 222 valence electrons. The number of hydrogen-bond acceptors (Lipinski definition) is 7. The van der Waals surface area contributed by atoms with E-state index in [0.717, 1.165) is 27.1 Å². The number of hydrogen-bond donors (Lipinski definition) is 3. The Labute approximate surface area is 237 Å². The number of amides is 3. The number of fused-ring (bicyclic) bond motifs is 1. The van der Waals surface area contributed by atoms with Gasteiger partial charge < -0.3 is 24.9 Å². The van der Waals surface area contributed by atoms with Gasteiger partial charge in [-0.3, -0.25) is 14.6 Å². The smallest absolute Gasteiger partial charge is 0.489 e. The summed E-state index contributed by atoms with van der Waals surface area (Å²) in [5, 5.41) is 13.1. The SMILES string of the molecule is Cc1cc(COc2ccc(C(=O)NC3(CC(=O)NOC(=O)C(F)(F)F)CCCN(C(=O)O)C3)cc2)c2ccccc2n1. The summed E-state index contributed by atoms with van der Waals surface area (Å²) in [5.74, 6) is -3.95. The van der Waals surface area contributed by atoms with Gasteiger partial charge in [-0.25, -0.2) is 9.59 Å². The fourth-order valence-corrected chi connectivity index (χ4v) is 4.78. The van der Waals surface area contributed by atoms with Gasteiger partial charge in [0, 0.05) is 35.3 Å². The number of aryl methyl sites for hydroxylation is 1. The van der Waals surface area contributed by atoms with Crippen molar-refractivity contribution in [3.63, 3.8) is 0 Å². The van der Waals surface area contributed by atoms with E-state index >= 15 is 0 Å². The van der Waals surface area contributed by atoms with Gasteiger partial charge in [-0.1, -0.05) is 18.2 Å². The summed E-state index contributed by atoms with van der Waals surface area (Å²) < 4.78 is 43.1. The van der Waals surface area contributed by atoms with Gasteiger partial charge in [0.05, 0.1) is 17.5 Å². The molecule has 1 aromatic heterocycles. The predicted octanol–water partition coefficient (Wildman–Crippen LogP) is 3.89. The minimum atomic E-state index is -5.33. The van der Waals surface area contributed by atoms with Crippen LogP contribution in [0.2, 0.25) is 0 Å². The standard InChI is InChI=1S/C28H27F3N4O7/c1-17-13-19(21-5-2-3-6-22(21)32-17)15-41-20-9-7-18(8-10-20)24(37)33-27(11-4-12-35(16-27)26(39)40)14-23(36)34-42-25(38)28(29,30)31/h2-3,5-10,13H,4,11-12,14-16H2,1H3,(H,33,37)(H,34,36)(H,39,40). The van der Waals surface area contributed by atoms with Crippen LogP contribution in [-0.2, 0) is 21.0 Å². The number of benzene rings is 2. The van der Waals surface area contributed by atoms with Gasteiger partial charge in [-0.15, -0.1) is 0 Å². The lowest BCUT2D eigenvalue weighted by atomic mass is 9.85. The van der Waals surface area contributed by atoms with Crippen molar-refractivity contribution >= 4 is 34.8 Å². The summed E-state index contributed by atoms with van der Waals surface area (Å²) >= 11 is 0. The van der Waals surface area contributed by atoms with Gasteiger partial charge in [-0.05, 0) is 56.2 Å². The molecule has 0 saturated carbocycles. The van der Waals surface area contributed by atoms with Crippen LogP contribution in [0.25, 0.3) is 10.9 Å². The van der Waals surface area contributed by atoms with Crippen molar-refractivity contribution < 1.29 is 47.0 Å². The Balaban J connectivity index is 1.44. The lowest BCUT2D eigenvalue weighted by Gasteiger charge is -2.42. The van der Waals surface area contributed by atoms with Gasteiger partial charge in [0.15, 0.2) is 0 Å². The van der Waals surface area contributed by atoms with Crippen molar-refractivity contribution in [3.8, 4) is 5.75 Å². The zero-order chi connectivity index (χ0) is 30.5. The molecular weight excluding hydrogens is 561 g/mol. The van der Waals surface area contributed by atoms with E-state index in [2.05, 4.69) is 15.1 Å². The van der Waals surface area contributed by atoms with E-state index < -0.39 is 42.0 Å². The molecule has 0 radical (unpaired) electrons. The molecule has 0 aliphatic carbocycles. The summed E-state index contributed by atoms with van der Waals surface area (Å²) in [6.07, 6.45) is -6.86. The number of carbonyl (C=O) groups excluding carboxylic acids is 3. The summed E-state index contributed by atoms with van der Waals surface area (Å²) in [4.78, 5) is 57.4. The van der Waals surface area contributed by atoms with E-state index in [-0.39, 0.29) is 38.1 Å². The molecular formula is C28H27F3N4O7. The number of rotatable bonds is 7. The number of para-hydroxylation sites is 1. The van der Waals surface area contributed by atoms with E-state index in [1.165, 1.54) is 17.6 Å². The molecule has 11 nitrogen and oxygen atoms in total. The van der Waals surface area contributed by atoms with Crippen LogP contribution in [0.1, 0.15) is 40.9 Å². The molecule has 1 fully saturated rings. The van der Waals surface area contributed by atoms with Crippen LogP contribution < -0.4 is 15.5 Å². The second-order valence-electron chi connectivity index (χ2n) is 9.88. The molecule has 3 N–H and O–H groups in total. The van der Waals surface area contributed by atoms with E-state index in [0.29, 0.717) is 5.75 Å². The highest BCUT2D eigenvalue weighted by Gasteiger charge is 2.43. The van der Waals surface area contributed by atoms with Gasteiger partial charge in [0.2, 0.25) is 0 Å². The Morgan fingerprint density at radius 2 is 1.81 bits per heavy atom. The number of aromatic nitrogens is 1. The van der Waals surface area contributed by atoms with Gasteiger partial charge in [-0.2, -0.15) is 18.7 Å². The first kappa shape index (κ1) is 30.1. The molecule has 2 heterocycles. The molecule has 1 aliphatic heterocycles. The monoisotopic (exact) mass is 588 g/mol. The third-order valence-electron chi connectivity index (χ3n) is 6.65. The average molecular weight is 589 g/mol. The molecule has 1 atom stereocenters. The maximum absolute atomic E-state index is 13.2. The van der Waals surface area contributed by atoms with Crippen molar-refractivity contribution in [2.45, 2.75) is 44.5 Å². The molecule has 3 amide bonds. The minimum Gasteiger partial charge on any atom is -0.489 e. The maximum atomic E-state index is 13.2. The van der Waals surface area contributed by atoms with Crippen molar-refractivity contribution in [1.82, 2.24) is 20.7 Å². The molecule has 42 heavy (non-hydrogen) atoms. The number of carboxylic acid groups (broad SMARTS) is 1. The zero-order valence-electron chi connectivity index (χ0n) is 22.4. The van der Waals surface area contributed by atoms with Gasteiger partial charge in [0.1, 0.15) is 12.4 Å². The average Bonchev–Trinajstić information content (AvgIpc) is 2.94. The Hall–Kier alpha value is -4.88. The van der Waals surface area contributed by atoms with Crippen LogP contribution in [-0.4, -0.2) is 63.7 Å². The minimum absolute atomic E-state index is 0.135. The van der Waals surface area contributed by atoms with E-state index in [4.69, 9.17) is 4.74 Å². The van der Waals surface area contributed by atoms with Crippen LogP contribution in [0.4, 0.5) is 18.0 Å². The van der Waals surface area contributed by atoms with Crippen molar-refractivity contribution in [1.29, 1.82) is 0 Å². The van der Waals surface area contributed by atoms with Gasteiger partial charge in [0.25, 0.3) is 11.8 Å². The molecule has 1 saturated heterocycles. The first-order valence-corrected chi connectivity index (χ1v) is 12.8. The fourth-order valence-electron chi connectivity index (χ4n) is 4.78. The summed E-state index contributed by atoms with van der Waals surface area (Å²) in [6.45, 7) is 1.96. The number of likely N-dealkylation sites (tertiary alicyclic amines) is 1. The lowest BCUT2D eigenvalue weighted by Crippen LogP contribution is -2.61. The topological polar surface area (TPSA) is 147 Å². The highest BCUT2D eigenvalue weighted by molar-refractivity contribution is 5.95. The lowest BCUT2D eigenvalue weighted by molar-refractivity contribution is -0.207. The molecule has 14 heteroatoms. The Morgan fingerprint density at radius 3 is 2.50 bits per heavy atom. The van der Waals surface area contributed by atoms with Crippen LogP contribution >= 0.6 is 0 Å². The summed E-state index contributed by atoms with van der Waals surface area (Å²) in [5.41, 5.74) is 2.73. The van der Waals surface area contributed by atoms with Crippen molar-refractivity contribution in [3.05, 3.63) is 71.4 Å².